The average Bonchev–Trinajstić information content (AvgIpc) is 2.37. The Kier molecular flexibility index (Phi) is 4.52. The first kappa shape index (κ1) is 13.5. The van der Waals surface area contributed by atoms with Crippen LogP contribution in [0, 0.1) is 0 Å². The van der Waals surface area contributed by atoms with Crippen LogP contribution >= 0.6 is 11.6 Å². The number of hydrogen-bond donors (Lipinski definition) is 0. The summed E-state index contributed by atoms with van der Waals surface area (Å²) in [6.07, 6.45) is 1.55. The lowest BCUT2D eigenvalue weighted by Gasteiger charge is -2.09. The molecule has 0 fully saturated rings. The highest BCUT2D eigenvalue weighted by Crippen LogP contribution is 2.22. The molecule has 100 valence electrons. The van der Waals surface area contributed by atoms with Crippen molar-refractivity contribution in [1.29, 1.82) is 0 Å². The van der Waals surface area contributed by atoms with Gasteiger partial charge >= 0.3 is 6.61 Å². The molecule has 0 amide bonds. The highest BCUT2D eigenvalue weighted by Gasteiger charge is 2.06. The summed E-state index contributed by atoms with van der Waals surface area (Å²) in [7, 11) is 0. The maximum atomic E-state index is 12.1. The topological polar surface area (TPSA) is 31.4 Å². The van der Waals surface area contributed by atoms with E-state index in [2.05, 4.69) is 9.72 Å². The fourth-order valence-corrected chi connectivity index (χ4v) is 1.63. The average molecular weight is 286 g/mol. The summed E-state index contributed by atoms with van der Waals surface area (Å²) in [5.41, 5.74) is 0.693. The first-order valence-corrected chi connectivity index (χ1v) is 5.80. The van der Waals surface area contributed by atoms with Crippen LogP contribution in [0.25, 0.3) is 0 Å². The SMILES string of the molecule is FC(F)Oc1cccc(COc2cccnc2Cl)c1. The van der Waals surface area contributed by atoms with E-state index in [0.29, 0.717) is 11.3 Å². The minimum Gasteiger partial charge on any atom is -0.486 e. The predicted molar refractivity (Wildman–Crippen MR) is 66.7 cm³/mol. The molecule has 3 nitrogen and oxygen atoms in total. The van der Waals surface area contributed by atoms with Gasteiger partial charge < -0.3 is 9.47 Å². The lowest BCUT2D eigenvalue weighted by Crippen LogP contribution is -2.03. The Morgan fingerprint density at radius 2 is 2.05 bits per heavy atom. The number of alkyl halides is 2. The van der Waals surface area contributed by atoms with Crippen LogP contribution in [0.3, 0.4) is 0 Å². The smallest absolute Gasteiger partial charge is 0.387 e. The largest absolute Gasteiger partial charge is 0.486 e. The van der Waals surface area contributed by atoms with Crippen LogP contribution < -0.4 is 9.47 Å². The van der Waals surface area contributed by atoms with E-state index in [0.717, 1.165) is 0 Å². The number of hydrogen-bond acceptors (Lipinski definition) is 3. The number of rotatable bonds is 5. The summed E-state index contributed by atoms with van der Waals surface area (Å²) >= 11 is 5.83. The van der Waals surface area contributed by atoms with Gasteiger partial charge in [-0.25, -0.2) is 4.98 Å². The van der Waals surface area contributed by atoms with Gasteiger partial charge in [0.1, 0.15) is 12.4 Å². The van der Waals surface area contributed by atoms with Gasteiger partial charge in [-0.1, -0.05) is 23.7 Å². The summed E-state index contributed by atoms with van der Waals surface area (Å²) < 4.78 is 33.9. The zero-order valence-electron chi connectivity index (χ0n) is 9.72. The molecule has 0 N–H and O–H groups in total. The van der Waals surface area contributed by atoms with Crippen molar-refractivity contribution in [2.24, 2.45) is 0 Å². The van der Waals surface area contributed by atoms with Crippen molar-refractivity contribution in [3.8, 4) is 11.5 Å². The van der Waals surface area contributed by atoms with E-state index in [1.165, 1.54) is 12.1 Å². The van der Waals surface area contributed by atoms with Crippen molar-refractivity contribution < 1.29 is 18.3 Å². The van der Waals surface area contributed by atoms with Crippen LogP contribution in [0.5, 0.6) is 11.5 Å². The second-order valence-electron chi connectivity index (χ2n) is 3.61. The minimum atomic E-state index is -2.84. The molecule has 0 spiro atoms. The second kappa shape index (κ2) is 6.33. The molecular formula is C13H10ClF2NO2. The van der Waals surface area contributed by atoms with E-state index in [1.54, 1.807) is 30.5 Å². The second-order valence-corrected chi connectivity index (χ2v) is 3.96. The van der Waals surface area contributed by atoms with Gasteiger partial charge in [-0.05, 0) is 29.8 Å². The Labute approximate surface area is 113 Å². The Balaban J connectivity index is 2.02. The van der Waals surface area contributed by atoms with Gasteiger partial charge in [-0.2, -0.15) is 8.78 Å². The standard InChI is InChI=1S/C13H10ClF2NO2/c14-12-11(5-2-6-17-12)18-8-9-3-1-4-10(7-9)19-13(15)16/h1-7,13H,8H2. The maximum Gasteiger partial charge on any atom is 0.387 e. The fourth-order valence-electron chi connectivity index (χ4n) is 1.45. The zero-order chi connectivity index (χ0) is 13.7. The Hall–Kier alpha value is -1.88. The van der Waals surface area contributed by atoms with Gasteiger partial charge in [0.2, 0.25) is 0 Å². The first-order chi connectivity index (χ1) is 9.15. The van der Waals surface area contributed by atoms with Crippen LogP contribution in [-0.4, -0.2) is 11.6 Å². The maximum absolute atomic E-state index is 12.1. The van der Waals surface area contributed by atoms with Crippen LogP contribution in [0.2, 0.25) is 5.15 Å². The van der Waals surface area contributed by atoms with Gasteiger partial charge in [0.25, 0.3) is 0 Å². The molecule has 0 aliphatic carbocycles. The van der Waals surface area contributed by atoms with Gasteiger partial charge in [0.15, 0.2) is 10.9 Å². The lowest BCUT2D eigenvalue weighted by molar-refractivity contribution is -0.0499. The number of nitrogens with zero attached hydrogens (tertiary/aromatic N) is 1. The van der Waals surface area contributed by atoms with E-state index in [1.807, 2.05) is 0 Å². The molecule has 19 heavy (non-hydrogen) atoms. The highest BCUT2D eigenvalue weighted by molar-refractivity contribution is 6.30. The molecule has 0 aliphatic heterocycles. The van der Waals surface area contributed by atoms with E-state index >= 15 is 0 Å². The van der Waals surface area contributed by atoms with Crippen molar-refractivity contribution in [2.45, 2.75) is 13.2 Å². The quantitative estimate of drug-likeness (QED) is 0.780. The third kappa shape index (κ3) is 4.06. The molecule has 0 bridgehead atoms. The third-order valence-corrected chi connectivity index (χ3v) is 2.53. The number of pyridine rings is 1. The van der Waals surface area contributed by atoms with Crippen LogP contribution in [0.15, 0.2) is 42.6 Å². The Morgan fingerprint density at radius 3 is 2.79 bits per heavy atom. The molecule has 1 heterocycles. The Bertz CT molecular complexity index is 552. The zero-order valence-corrected chi connectivity index (χ0v) is 10.5. The minimum absolute atomic E-state index is 0.0911. The molecule has 0 unspecified atom stereocenters. The molecule has 0 atom stereocenters. The molecule has 0 aliphatic rings. The van der Waals surface area contributed by atoms with E-state index in [9.17, 15) is 8.78 Å². The monoisotopic (exact) mass is 285 g/mol. The van der Waals surface area contributed by atoms with Crippen molar-refractivity contribution >= 4 is 11.6 Å². The number of halogens is 3. The predicted octanol–water partition coefficient (Wildman–Crippen LogP) is 3.92. The molecule has 2 rings (SSSR count). The molecule has 6 heteroatoms. The molecule has 1 aromatic carbocycles. The van der Waals surface area contributed by atoms with Crippen LogP contribution in [0.4, 0.5) is 8.78 Å². The molecular weight excluding hydrogens is 276 g/mol. The number of ether oxygens (including phenoxy) is 2. The number of aromatic nitrogens is 1. The van der Waals surface area contributed by atoms with E-state index in [4.69, 9.17) is 16.3 Å². The van der Waals surface area contributed by atoms with Crippen molar-refractivity contribution in [3.63, 3.8) is 0 Å². The van der Waals surface area contributed by atoms with Crippen molar-refractivity contribution in [2.75, 3.05) is 0 Å². The molecule has 0 saturated carbocycles. The normalized spacial score (nSPS) is 10.5. The van der Waals surface area contributed by atoms with E-state index < -0.39 is 6.61 Å². The third-order valence-electron chi connectivity index (χ3n) is 2.24. The van der Waals surface area contributed by atoms with Crippen molar-refractivity contribution in [1.82, 2.24) is 4.98 Å². The van der Waals surface area contributed by atoms with Gasteiger partial charge in [0, 0.05) is 6.20 Å². The summed E-state index contributed by atoms with van der Waals surface area (Å²) in [5.74, 6) is 0.526. The van der Waals surface area contributed by atoms with Gasteiger partial charge in [-0.3, -0.25) is 0 Å². The molecule has 2 aromatic rings. The summed E-state index contributed by atoms with van der Waals surface area (Å²) in [5, 5.41) is 0.252. The number of benzene rings is 1. The summed E-state index contributed by atoms with van der Waals surface area (Å²) in [4.78, 5) is 3.86. The van der Waals surface area contributed by atoms with Crippen LogP contribution in [0.1, 0.15) is 5.56 Å². The first-order valence-electron chi connectivity index (χ1n) is 5.42. The summed E-state index contributed by atoms with van der Waals surface area (Å²) in [6, 6.07) is 9.65. The lowest BCUT2D eigenvalue weighted by atomic mass is 10.2. The van der Waals surface area contributed by atoms with Gasteiger partial charge in [0.05, 0.1) is 0 Å². The van der Waals surface area contributed by atoms with E-state index in [-0.39, 0.29) is 17.5 Å². The van der Waals surface area contributed by atoms with Crippen molar-refractivity contribution in [3.05, 3.63) is 53.3 Å². The Morgan fingerprint density at radius 1 is 1.21 bits per heavy atom. The molecule has 0 saturated heterocycles. The fraction of sp³-hybridized carbons (Fsp3) is 0.154. The highest BCUT2D eigenvalue weighted by atomic mass is 35.5. The van der Waals surface area contributed by atoms with Crippen LogP contribution in [-0.2, 0) is 6.61 Å². The van der Waals surface area contributed by atoms with Gasteiger partial charge in [-0.15, -0.1) is 0 Å². The summed E-state index contributed by atoms with van der Waals surface area (Å²) in [6.45, 7) is -2.66. The molecule has 1 aromatic heterocycles. The molecule has 0 radical (unpaired) electrons.